The van der Waals surface area contributed by atoms with E-state index < -0.39 is 65.4 Å². The van der Waals surface area contributed by atoms with E-state index in [0.29, 0.717) is 27.7 Å². The average Bonchev–Trinajstić information content (AvgIpc) is 3.07. The lowest BCUT2D eigenvalue weighted by Crippen LogP contribution is -2.54. The van der Waals surface area contributed by atoms with Crippen molar-refractivity contribution in [1.82, 2.24) is 16.0 Å². The van der Waals surface area contributed by atoms with E-state index in [1.165, 1.54) is 31.0 Å². The van der Waals surface area contributed by atoms with Crippen LogP contribution < -0.4 is 20.7 Å². The summed E-state index contributed by atoms with van der Waals surface area (Å²) < 4.78 is 11.1. The van der Waals surface area contributed by atoms with Crippen LogP contribution in [0.25, 0.3) is 0 Å². The number of aliphatic hydroxyl groups is 2. The van der Waals surface area contributed by atoms with Crippen molar-refractivity contribution in [2.24, 2.45) is 11.3 Å². The molecule has 262 valence electrons. The Hall–Kier alpha value is -3.58. The van der Waals surface area contributed by atoms with Gasteiger partial charge in [0.05, 0.1) is 23.7 Å². The molecule has 3 amide bonds. The Morgan fingerprint density at radius 2 is 1.77 bits per heavy atom. The van der Waals surface area contributed by atoms with Crippen LogP contribution in [0.15, 0.2) is 60.7 Å². The van der Waals surface area contributed by atoms with Crippen molar-refractivity contribution in [3.63, 3.8) is 0 Å². The third kappa shape index (κ3) is 11.0. The van der Waals surface area contributed by atoms with Gasteiger partial charge in [0.2, 0.25) is 17.7 Å². The number of carbonyl (C=O) groups excluding carboxylic acids is 4. The van der Waals surface area contributed by atoms with E-state index in [2.05, 4.69) is 16.0 Å². The summed E-state index contributed by atoms with van der Waals surface area (Å²) >= 11 is 7.80. The Kier molecular flexibility index (Phi) is 14.8. The Labute approximate surface area is 291 Å². The van der Waals surface area contributed by atoms with Crippen LogP contribution in [-0.4, -0.2) is 83.9 Å². The second kappa shape index (κ2) is 18.3. The molecule has 0 saturated carbocycles. The van der Waals surface area contributed by atoms with Crippen LogP contribution in [0.3, 0.4) is 0 Å². The molecule has 6 atom stereocenters. The van der Waals surface area contributed by atoms with Crippen LogP contribution in [0.5, 0.6) is 5.75 Å². The van der Waals surface area contributed by atoms with Crippen molar-refractivity contribution in [3.8, 4) is 5.75 Å². The molecule has 1 heterocycles. The van der Waals surface area contributed by atoms with Gasteiger partial charge >= 0.3 is 5.97 Å². The number of cyclic esters (lactones) is 1. The van der Waals surface area contributed by atoms with E-state index in [1.807, 2.05) is 6.26 Å². The molecule has 5 N–H and O–H groups in total. The van der Waals surface area contributed by atoms with E-state index in [9.17, 15) is 29.4 Å². The van der Waals surface area contributed by atoms with Gasteiger partial charge in [-0.2, -0.15) is 11.8 Å². The summed E-state index contributed by atoms with van der Waals surface area (Å²) in [6, 6.07) is 11.6. The number of esters is 1. The smallest absolute Gasteiger partial charge is 0.328 e. The number of methoxy groups -OCH3 is 1. The van der Waals surface area contributed by atoms with Crippen LogP contribution in [0, 0.1) is 11.3 Å². The summed E-state index contributed by atoms with van der Waals surface area (Å²) in [6.07, 6.45) is 1.37. The topological polar surface area (TPSA) is 163 Å². The maximum absolute atomic E-state index is 13.6. The van der Waals surface area contributed by atoms with Gasteiger partial charge in [0.1, 0.15) is 30.0 Å². The fourth-order valence-corrected chi connectivity index (χ4v) is 5.87. The summed E-state index contributed by atoms with van der Waals surface area (Å²) in [6.45, 7) is 4.82. The molecular weight excluding hydrogens is 658 g/mol. The first-order chi connectivity index (χ1) is 22.8. The minimum Gasteiger partial charge on any atom is -0.495 e. The monoisotopic (exact) mass is 703 g/mol. The molecule has 0 bridgehead atoms. The zero-order valence-electron chi connectivity index (χ0n) is 27.9. The van der Waals surface area contributed by atoms with Gasteiger partial charge in [0.25, 0.3) is 0 Å². The van der Waals surface area contributed by atoms with E-state index in [0.717, 1.165) is 0 Å². The largest absolute Gasteiger partial charge is 0.495 e. The number of carbonyl (C=O) groups is 4. The molecule has 0 aliphatic carbocycles. The predicted molar refractivity (Wildman–Crippen MR) is 186 cm³/mol. The highest BCUT2D eigenvalue weighted by molar-refractivity contribution is 7.98. The zero-order chi connectivity index (χ0) is 35.4. The fraction of sp³-hybridized carbons (Fsp3) is 0.486. The lowest BCUT2D eigenvalue weighted by atomic mass is 9.89. The summed E-state index contributed by atoms with van der Waals surface area (Å²) in [5, 5.41) is 30.7. The van der Waals surface area contributed by atoms with Gasteiger partial charge in [-0.1, -0.05) is 61.0 Å². The Bertz CT molecular complexity index is 1440. The van der Waals surface area contributed by atoms with E-state index in [4.69, 9.17) is 21.1 Å². The summed E-state index contributed by atoms with van der Waals surface area (Å²) in [7, 11) is 1.49. The standard InChI is InChI=1S/C35H46ClN3O8S/c1-21(30(41)31(42)23-10-7-6-8-11-23)27-12-9-13-29(40)38-26(19-22-14-15-28(46-4)24(36)18-22)32(43)37-20-35(2,3)34(45)39-25(16-17-48-5)33(44)47-27/h6-11,13-15,18,21,25-27,30-31,41-42H,12,16-17,19-20H2,1-5H3,(H,37,43)(H,38,40)(H,39,45)/b13-9+/t21-,25-,26+,27-,30+,31+/m0/s1. The number of amides is 3. The number of rotatable bonds is 10. The Morgan fingerprint density at radius 3 is 2.42 bits per heavy atom. The first-order valence-corrected chi connectivity index (χ1v) is 17.5. The number of hydrogen-bond acceptors (Lipinski definition) is 9. The van der Waals surface area contributed by atoms with Crippen molar-refractivity contribution >= 4 is 47.1 Å². The second-order valence-electron chi connectivity index (χ2n) is 12.5. The molecule has 11 nitrogen and oxygen atoms in total. The van der Waals surface area contributed by atoms with Gasteiger partial charge in [-0.25, -0.2) is 4.79 Å². The predicted octanol–water partition coefficient (Wildman–Crippen LogP) is 3.36. The summed E-state index contributed by atoms with van der Waals surface area (Å²) in [4.78, 5) is 53.6. The molecule has 0 spiro atoms. The SMILES string of the molecule is COc1ccc(C[C@H]2NC(=O)/C=C/C[C@@H]([C@H](C)[C@@H](O)[C@H](O)c3ccccc3)OC(=O)[C@H](CCSC)NC(=O)C(C)(C)CNC2=O)cc1Cl. The minimum absolute atomic E-state index is 0.00145. The molecule has 0 aromatic heterocycles. The van der Waals surface area contributed by atoms with Crippen LogP contribution in [0.2, 0.25) is 5.02 Å². The average molecular weight is 704 g/mol. The van der Waals surface area contributed by atoms with Crippen LogP contribution in [-0.2, 0) is 30.3 Å². The number of aliphatic hydroxyl groups excluding tert-OH is 2. The van der Waals surface area contributed by atoms with E-state index in [1.54, 1.807) is 69.3 Å². The maximum atomic E-state index is 13.6. The van der Waals surface area contributed by atoms with Gasteiger partial charge in [-0.05, 0) is 61.6 Å². The highest BCUT2D eigenvalue weighted by Crippen LogP contribution is 2.28. The highest BCUT2D eigenvalue weighted by atomic mass is 35.5. The first-order valence-electron chi connectivity index (χ1n) is 15.8. The normalized spacial score (nSPS) is 23.5. The molecule has 13 heteroatoms. The maximum Gasteiger partial charge on any atom is 0.328 e. The Morgan fingerprint density at radius 1 is 1.06 bits per heavy atom. The minimum atomic E-state index is -1.33. The first kappa shape index (κ1) is 38.9. The molecule has 1 aliphatic rings. The van der Waals surface area contributed by atoms with Crippen LogP contribution in [0.1, 0.15) is 50.8 Å². The molecular formula is C35H46ClN3O8S. The molecule has 0 radical (unpaired) electrons. The third-order valence-electron chi connectivity index (χ3n) is 8.30. The van der Waals surface area contributed by atoms with Gasteiger partial charge in [-0.3, -0.25) is 14.4 Å². The number of halogens is 1. The van der Waals surface area contributed by atoms with Crippen molar-refractivity contribution in [2.45, 2.75) is 70.4 Å². The Balaban J connectivity index is 1.95. The quantitative estimate of drug-likeness (QED) is 0.234. The van der Waals surface area contributed by atoms with Crippen LogP contribution >= 0.6 is 23.4 Å². The number of thioether (sulfide) groups is 1. The van der Waals surface area contributed by atoms with Gasteiger partial charge in [0.15, 0.2) is 0 Å². The number of ether oxygens (including phenoxy) is 2. The number of nitrogens with one attached hydrogen (secondary N) is 3. The molecule has 48 heavy (non-hydrogen) atoms. The molecule has 0 saturated heterocycles. The van der Waals surface area contributed by atoms with Crippen molar-refractivity contribution in [1.29, 1.82) is 0 Å². The van der Waals surface area contributed by atoms with Gasteiger partial charge in [-0.15, -0.1) is 0 Å². The third-order valence-corrected chi connectivity index (χ3v) is 9.24. The molecule has 2 aromatic carbocycles. The number of benzene rings is 2. The molecule has 3 rings (SSSR count). The second-order valence-corrected chi connectivity index (χ2v) is 13.9. The fourth-order valence-electron chi connectivity index (χ4n) is 5.12. The molecule has 1 aliphatic heterocycles. The summed E-state index contributed by atoms with van der Waals surface area (Å²) in [5.41, 5.74) is 0.00620. The van der Waals surface area contributed by atoms with Gasteiger partial charge in [0, 0.05) is 25.3 Å². The molecule has 2 aromatic rings. The summed E-state index contributed by atoms with van der Waals surface area (Å²) in [5.74, 6) is -2.07. The molecule has 0 fully saturated rings. The molecule has 0 unspecified atom stereocenters. The van der Waals surface area contributed by atoms with Gasteiger partial charge < -0.3 is 35.6 Å². The van der Waals surface area contributed by atoms with Crippen LogP contribution in [0.4, 0.5) is 0 Å². The highest BCUT2D eigenvalue weighted by Gasteiger charge is 2.37. The van der Waals surface area contributed by atoms with E-state index >= 15 is 0 Å². The lowest BCUT2D eigenvalue weighted by Gasteiger charge is -2.32. The van der Waals surface area contributed by atoms with E-state index in [-0.39, 0.29) is 25.8 Å². The van der Waals surface area contributed by atoms with Crippen molar-refractivity contribution < 1.29 is 38.9 Å². The van der Waals surface area contributed by atoms with Crippen molar-refractivity contribution in [3.05, 3.63) is 76.8 Å². The number of hydrogen-bond donors (Lipinski definition) is 5. The zero-order valence-corrected chi connectivity index (χ0v) is 29.5. The van der Waals surface area contributed by atoms with Crippen molar-refractivity contribution in [2.75, 3.05) is 25.7 Å². The lowest BCUT2D eigenvalue weighted by molar-refractivity contribution is -0.160.